The van der Waals surface area contributed by atoms with Crippen LogP contribution in [0, 0.1) is 6.92 Å². The van der Waals surface area contributed by atoms with Crippen molar-refractivity contribution < 1.29 is 4.79 Å². The van der Waals surface area contributed by atoms with Gasteiger partial charge in [0.25, 0.3) is 5.91 Å². The van der Waals surface area contributed by atoms with Crippen LogP contribution in [0.15, 0.2) is 24.3 Å². The van der Waals surface area contributed by atoms with Gasteiger partial charge in [-0.25, -0.2) is 0 Å². The van der Waals surface area contributed by atoms with Crippen LogP contribution >= 0.6 is 11.3 Å². The van der Waals surface area contributed by atoms with Crippen molar-refractivity contribution in [1.29, 1.82) is 0 Å². The molecule has 1 aromatic carbocycles. The normalized spacial score (nSPS) is 17.0. The molecule has 4 rings (SSSR count). The van der Waals surface area contributed by atoms with Crippen LogP contribution in [-0.4, -0.2) is 12.5 Å². The van der Waals surface area contributed by atoms with Crippen molar-refractivity contribution in [3.63, 3.8) is 0 Å². The molecule has 0 bridgehead atoms. The van der Waals surface area contributed by atoms with Crippen molar-refractivity contribution in [3.8, 4) is 0 Å². The molecular weight excluding hydrogens is 290 g/mol. The van der Waals surface area contributed by atoms with Gasteiger partial charge < -0.3 is 4.90 Å². The maximum absolute atomic E-state index is 13.0. The Morgan fingerprint density at radius 1 is 1.05 bits per heavy atom. The Hall–Kier alpha value is -1.61. The van der Waals surface area contributed by atoms with Gasteiger partial charge in [-0.15, -0.1) is 11.3 Å². The number of thiophene rings is 1. The average molecular weight is 311 g/mol. The van der Waals surface area contributed by atoms with Gasteiger partial charge >= 0.3 is 0 Å². The molecule has 0 fully saturated rings. The quantitative estimate of drug-likeness (QED) is 0.758. The summed E-state index contributed by atoms with van der Waals surface area (Å²) in [6.07, 6.45) is 6.99. The van der Waals surface area contributed by atoms with E-state index in [1.54, 1.807) is 11.3 Å². The third-order valence-electron chi connectivity index (χ3n) is 4.81. The highest BCUT2D eigenvalue weighted by molar-refractivity contribution is 7.14. The van der Waals surface area contributed by atoms with E-state index in [0.717, 1.165) is 42.8 Å². The molecule has 0 N–H and O–H groups in total. The van der Waals surface area contributed by atoms with E-state index in [-0.39, 0.29) is 5.91 Å². The molecule has 2 heterocycles. The van der Waals surface area contributed by atoms with E-state index in [1.165, 1.54) is 34.4 Å². The summed E-state index contributed by atoms with van der Waals surface area (Å²) in [5, 5.41) is 0. The van der Waals surface area contributed by atoms with Crippen LogP contribution in [0.25, 0.3) is 0 Å². The molecule has 114 valence electrons. The van der Waals surface area contributed by atoms with Crippen LogP contribution in [-0.2, 0) is 19.3 Å². The van der Waals surface area contributed by atoms with E-state index in [9.17, 15) is 4.79 Å². The van der Waals surface area contributed by atoms with Gasteiger partial charge in [-0.05, 0) is 68.7 Å². The second-order valence-corrected chi connectivity index (χ2v) is 7.60. The van der Waals surface area contributed by atoms with Crippen LogP contribution in [0.1, 0.15) is 50.5 Å². The Balaban J connectivity index is 1.68. The van der Waals surface area contributed by atoms with Crippen molar-refractivity contribution >= 4 is 22.9 Å². The third kappa shape index (κ3) is 2.38. The van der Waals surface area contributed by atoms with E-state index < -0.39 is 0 Å². The van der Waals surface area contributed by atoms with Crippen molar-refractivity contribution in [3.05, 3.63) is 50.7 Å². The lowest BCUT2D eigenvalue weighted by Crippen LogP contribution is -2.35. The molecule has 2 nitrogen and oxygen atoms in total. The lowest BCUT2D eigenvalue weighted by Gasteiger charge is -2.29. The van der Waals surface area contributed by atoms with E-state index in [1.807, 2.05) is 4.90 Å². The van der Waals surface area contributed by atoms with E-state index in [4.69, 9.17) is 0 Å². The molecule has 2 aromatic rings. The third-order valence-corrected chi connectivity index (χ3v) is 6.03. The maximum Gasteiger partial charge on any atom is 0.268 e. The molecule has 1 amide bonds. The number of carbonyl (C=O) groups excluding carboxylic acids is 1. The van der Waals surface area contributed by atoms with Gasteiger partial charge in [-0.1, -0.05) is 17.7 Å². The Bertz CT molecular complexity index is 708. The zero-order valence-corrected chi connectivity index (χ0v) is 13.8. The number of nitrogens with zero attached hydrogens (tertiary/aromatic N) is 1. The first-order valence-electron chi connectivity index (χ1n) is 8.25. The van der Waals surface area contributed by atoms with Gasteiger partial charge in [-0.2, -0.15) is 0 Å². The fraction of sp³-hybridized carbons (Fsp3) is 0.421. The SMILES string of the molecule is Cc1ccc2c(c1)CCCN2C(=O)c1cc2c(s1)CCCC2. The van der Waals surface area contributed by atoms with Crippen LogP contribution in [0.2, 0.25) is 0 Å². The van der Waals surface area contributed by atoms with Crippen LogP contribution in [0.5, 0.6) is 0 Å². The van der Waals surface area contributed by atoms with Gasteiger partial charge in [0.1, 0.15) is 0 Å². The fourth-order valence-corrected chi connectivity index (χ4v) is 4.87. The van der Waals surface area contributed by atoms with E-state index >= 15 is 0 Å². The number of aryl methyl sites for hydroxylation is 4. The van der Waals surface area contributed by atoms with E-state index in [0.29, 0.717) is 0 Å². The predicted octanol–water partition coefficient (Wildman–Crippen LogP) is 4.53. The number of benzene rings is 1. The van der Waals surface area contributed by atoms with Gasteiger partial charge in [-0.3, -0.25) is 4.79 Å². The van der Waals surface area contributed by atoms with Gasteiger partial charge in [0, 0.05) is 17.1 Å². The average Bonchev–Trinajstić information content (AvgIpc) is 2.97. The first-order chi connectivity index (χ1) is 10.7. The summed E-state index contributed by atoms with van der Waals surface area (Å²) < 4.78 is 0. The zero-order valence-electron chi connectivity index (χ0n) is 13.0. The summed E-state index contributed by atoms with van der Waals surface area (Å²) in [5.41, 5.74) is 5.13. The van der Waals surface area contributed by atoms with Gasteiger partial charge in [0.2, 0.25) is 0 Å². The lowest BCUT2D eigenvalue weighted by atomic mass is 9.98. The number of rotatable bonds is 1. The summed E-state index contributed by atoms with van der Waals surface area (Å²) in [4.78, 5) is 17.4. The minimum absolute atomic E-state index is 0.198. The molecule has 2 aliphatic rings. The van der Waals surface area contributed by atoms with Crippen molar-refractivity contribution in [2.24, 2.45) is 0 Å². The van der Waals surface area contributed by atoms with Gasteiger partial charge in [0.15, 0.2) is 0 Å². The number of anilines is 1. The zero-order chi connectivity index (χ0) is 15.1. The number of hydrogen-bond acceptors (Lipinski definition) is 2. The largest absolute Gasteiger partial charge is 0.307 e. The molecule has 0 atom stereocenters. The van der Waals surface area contributed by atoms with Crippen molar-refractivity contribution in [2.75, 3.05) is 11.4 Å². The lowest BCUT2D eigenvalue weighted by molar-refractivity contribution is 0.0989. The number of fused-ring (bicyclic) bond motifs is 2. The minimum atomic E-state index is 0.198. The summed E-state index contributed by atoms with van der Waals surface area (Å²) in [6.45, 7) is 2.96. The molecule has 22 heavy (non-hydrogen) atoms. The smallest absolute Gasteiger partial charge is 0.268 e. The molecule has 0 saturated carbocycles. The van der Waals surface area contributed by atoms with Crippen LogP contribution in [0.4, 0.5) is 5.69 Å². The highest BCUT2D eigenvalue weighted by atomic mass is 32.1. The second kappa shape index (κ2) is 5.54. The first kappa shape index (κ1) is 14.0. The molecular formula is C19H21NOS. The number of carbonyl (C=O) groups is 1. The summed E-state index contributed by atoms with van der Waals surface area (Å²) >= 11 is 1.72. The summed E-state index contributed by atoms with van der Waals surface area (Å²) in [6, 6.07) is 8.62. The van der Waals surface area contributed by atoms with Gasteiger partial charge in [0.05, 0.1) is 4.88 Å². The molecule has 0 unspecified atom stereocenters. The number of amides is 1. The van der Waals surface area contributed by atoms with Crippen LogP contribution in [0.3, 0.4) is 0 Å². The highest BCUT2D eigenvalue weighted by Crippen LogP contribution is 2.33. The van der Waals surface area contributed by atoms with Crippen LogP contribution < -0.4 is 4.90 Å². The van der Waals surface area contributed by atoms with Crippen molar-refractivity contribution in [1.82, 2.24) is 0 Å². The topological polar surface area (TPSA) is 20.3 Å². The Morgan fingerprint density at radius 2 is 1.86 bits per heavy atom. The highest BCUT2D eigenvalue weighted by Gasteiger charge is 2.26. The standard InChI is InChI=1S/C19H21NOS/c1-13-8-9-16-14(11-13)6-4-10-20(16)19(21)18-12-15-5-2-3-7-17(15)22-18/h8-9,11-12H,2-7,10H2,1H3. The molecule has 1 aliphatic carbocycles. The summed E-state index contributed by atoms with van der Waals surface area (Å²) in [5.74, 6) is 0.198. The minimum Gasteiger partial charge on any atom is -0.307 e. The molecule has 1 aliphatic heterocycles. The van der Waals surface area contributed by atoms with Crippen molar-refractivity contribution in [2.45, 2.75) is 45.4 Å². The maximum atomic E-state index is 13.0. The monoisotopic (exact) mass is 311 g/mol. The summed E-state index contributed by atoms with van der Waals surface area (Å²) in [7, 11) is 0. The first-order valence-corrected chi connectivity index (χ1v) is 9.07. The molecule has 0 saturated heterocycles. The molecule has 3 heteroatoms. The molecule has 0 spiro atoms. The van der Waals surface area contributed by atoms with E-state index in [2.05, 4.69) is 31.2 Å². The fourth-order valence-electron chi connectivity index (χ4n) is 3.67. The Morgan fingerprint density at radius 3 is 2.73 bits per heavy atom. The number of hydrogen-bond donors (Lipinski definition) is 0. The second-order valence-electron chi connectivity index (χ2n) is 6.46. The molecule has 1 aromatic heterocycles. The molecule has 0 radical (unpaired) electrons. The Kier molecular flexibility index (Phi) is 3.53. The Labute approximate surface area is 135 Å². The predicted molar refractivity (Wildman–Crippen MR) is 92.1 cm³/mol.